The van der Waals surface area contributed by atoms with Crippen molar-refractivity contribution < 1.29 is 9.53 Å². The Bertz CT molecular complexity index is 895. The Kier molecular flexibility index (Phi) is 3.01. The number of aromatic nitrogens is 2. The van der Waals surface area contributed by atoms with Crippen LogP contribution in [0, 0.1) is 6.92 Å². The lowest BCUT2D eigenvalue weighted by molar-refractivity contribution is 0.0825. The molecule has 2 aromatic rings. The van der Waals surface area contributed by atoms with Gasteiger partial charge in [-0.3, -0.25) is 24.6 Å². The Balaban J connectivity index is 2.24. The second-order valence-electron chi connectivity index (χ2n) is 5.17. The van der Waals surface area contributed by atoms with Crippen molar-refractivity contribution in [3.63, 3.8) is 0 Å². The van der Waals surface area contributed by atoms with Gasteiger partial charge in [0.1, 0.15) is 0 Å². The first-order chi connectivity index (χ1) is 10.4. The third kappa shape index (κ3) is 1.96. The third-order valence-corrected chi connectivity index (χ3v) is 3.41. The number of nitrogens with one attached hydrogen (secondary N) is 3. The van der Waals surface area contributed by atoms with E-state index in [0.29, 0.717) is 11.3 Å². The lowest BCUT2D eigenvalue weighted by atomic mass is 10.1. The first-order valence-electron chi connectivity index (χ1n) is 6.55. The van der Waals surface area contributed by atoms with Gasteiger partial charge in [0.15, 0.2) is 11.4 Å². The zero-order valence-electron chi connectivity index (χ0n) is 12.2. The van der Waals surface area contributed by atoms with Crippen molar-refractivity contribution in [1.29, 1.82) is 0 Å². The van der Waals surface area contributed by atoms with E-state index in [1.54, 1.807) is 26.2 Å². The third-order valence-electron chi connectivity index (χ3n) is 3.41. The maximum atomic E-state index is 12.3. The lowest BCUT2D eigenvalue weighted by Gasteiger charge is -2.24. The van der Waals surface area contributed by atoms with Gasteiger partial charge in [0.2, 0.25) is 5.75 Å². The van der Waals surface area contributed by atoms with E-state index in [9.17, 15) is 14.4 Å². The Morgan fingerprint density at radius 1 is 1.05 bits per heavy atom. The maximum absolute atomic E-state index is 12.3. The molecular weight excluding hydrogens is 288 g/mol. The number of nitrogens with zero attached hydrogens (tertiary/aromatic N) is 1. The standard InChI is InChI=1S/C14H14N4O4/c1-6-4-5-7(14(21)18(2)3)10-8(6)15-9-11(22-10)13(20)17-16-12(9)19/h4-5,15H,1-3H3,(H,16,19)(H,17,20). The molecule has 0 saturated carbocycles. The highest BCUT2D eigenvalue weighted by atomic mass is 16.5. The molecular formula is C14H14N4O4. The van der Waals surface area contributed by atoms with E-state index >= 15 is 0 Å². The molecule has 0 aliphatic carbocycles. The SMILES string of the molecule is Cc1ccc(C(=O)N(C)C)c2c1Nc1c(c(=O)[nH][nH]c1=O)O2. The summed E-state index contributed by atoms with van der Waals surface area (Å²) in [6.45, 7) is 1.81. The molecule has 114 valence electrons. The van der Waals surface area contributed by atoms with Crippen LogP contribution in [0.25, 0.3) is 0 Å². The summed E-state index contributed by atoms with van der Waals surface area (Å²) < 4.78 is 5.60. The van der Waals surface area contributed by atoms with Crippen molar-refractivity contribution >= 4 is 17.3 Å². The summed E-state index contributed by atoms with van der Waals surface area (Å²) in [5.41, 5.74) is 0.519. The second kappa shape index (κ2) is 4.76. The zero-order valence-corrected chi connectivity index (χ0v) is 12.2. The normalized spacial score (nSPS) is 11.8. The van der Waals surface area contributed by atoms with Crippen LogP contribution in [0.2, 0.25) is 0 Å². The zero-order chi connectivity index (χ0) is 16.0. The number of carbonyl (C=O) groups is 1. The molecule has 1 aromatic heterocycles. The Hall–Kier alpha value is -3.03. The highest BCUT2D eigenvalue weighted by molar-refractivity contribution is 6.00. The van der Waals surface area contributed by atoms with E-state index in [1.165, 1.54) is 4.90 Å². The largest absolute Gasteiger partial charge is 0.446 e. The minimum atomic E-state index is -0.586. The van der Waals surface area contributed by atoms with Crippen molar-refractivity contribution in [3.05, 3.63) is 44.0 Å². The van der Waals surface area contributed by atoms with Gasteiger partial charge in [-0.15, -0.1) is 0 Å². The van der Waals surface area contributed by atoms with E-state index in [-0.39, 0.29) is 23.1 Å². The Morgan fingerprint density at radius 3 is 2.41 bits per heavy atom. The molecule has 1 aliphatic heterocycles. The quantitative estimate of drug-likeness (QED) is 0.619. The molecule has 0 spiro atoms. The fourth-order valence-corrected chi connectivity index (χ4v) is 2.24. The van der Waals surface area contributed by atoms with Crippen LogP contribution >= 0.6 is 0 Å². The number of benzene rings is 1. The minimum absolute atomic E-state index is 0.0220. The first-order valence-corrected chi connectivity index (χ1v) is 6.55. The molecule has 3 rings (SSSR count). The Morgan fingerprint density at radius 2 is 1.73 bits per heavy atom. The van der Waals surface area contributed by atoms with Gasteiger partial charge >= 0.3 is 5.56 Å². The fourth-order valence-electron chi connectivity index (χ4n) is 2.24. The van der Waals surface area contributed by atoms with E-state index in [1.807, 2.05) is 6.92 Å². The van der Waals surface area contributed by atoms with Crippen molar-refractivity contribution in [2.75, 3.05) is 19.4 Å². The predicted molar refractivity (Wildman–Crippen MR) is 80.2 cm³/mol. The van der Waals surface area contributed by atoms with Crippen molar-refractivity contribution in [3.8, 4) is 11.5 Å². The van der Waals surface area contributed by atoms with Crippen LogP contribution in [0.15, 0.2) is 21.7 Å². The Labute approximate surface area is 124 Å². The van der Waals surface area contributed by atoms with Gasteiger partial charge in [0.05, 0.1) is 11.3 Å². The number of rotatable bonds is 1. The van der Waals surface area contributed by atoms with Crippen LogP contribution in [0.3, 0.4) is 0 Å². The molecule has 0 unspecified atom stereocenters. The molecule has 0 atom stereocenters. The highest BCUT2D eigenvalue weighted by Crippen LogP contribution is 2.42. The van der Waals surface area contributed by atoms with Gasteiger partial charge in [0.25, 0.3) is 11.5 Å². The van der Waals surface area contributed by atoms with Gasteiger partial charge in [0, 0.05) is 14.1 Å². The van der Waals surface area contributed by atoms with E-state index < -0.39 is 11.1 Å². The van der Waals surface area contributed by atoms with Gasteiger partial charge in [-0.25, -0.2) is 0 Å². The molecule has 1 amide bonds. The van der Waals surface area contributed by atoms with E-state index in [0.717, 1.165) is 5.56 Å². The fraction of sp³-hybridized carbons (Fsp3) is 0.214. The van der Waals surface area contributed by atoms with Crippen LogP contribution in [0.4, 0.5) is 11.4 Å². The number of H-pyrrole nitrogens is 2. The highest BCUT2D eigenvalue weighted by Gasteiger charge is 2.28. The number of carbonyl (C=O) groups excluding carboxylic acids is 1. The number of aryl methyl sites for hydroxylation is 1. The summed E-state index contributed by atoms with van der Waals surface area (Å²) in [5.74, 6) is -0.181. The van der Waals surface area contributed by atoms with Crippen molar-refractivity contribution in [1.82, 2.24) is 15.1 Å². The summed E-state index contributed by atoms with van der Waals surface area (Å²) in [6.07, 6.45) is 0. The molecule has 2 heterocycles. The smallest absolute Gasteiger partial charge is 0.307 e. The monoisotopic (exact) mass is 302 g/mol. The van der Waals surface area contributed by atoms with Crippen LogP contribution in [0.5, 0.6) is 11.5 Å². The van der Waals surface area contributed by atoms with Crippen LogP contribution < -0.4 is 21.2 Å². The van der Waals surface area contributed by atoms with Crippen molar-refractivity contribution in [2.45, 2.75) is 6.92 Å². The average Bonchev–Trinajstić information content (AvgIpc) is 2.50. The summed E-state index contributed by atoms with van der Waals surface area (Å²) in [5, 5.41) is 7.31. The van der Waals surface area contributed by atoms with E-state index in [2.05, 4.69) is 15.5 Å². The summed E-state index contributed by atoms with van der Waals surface area (Å²) in [7, 11) is 3.24. The second-order valence-corrected chi connectivity index (χ2v) is 5.17. The van der Waals surface area contributed by atoms with Crippen LogP contribution in [-0.2, 0) is 0 Å². The number of hydrogen-bond donors (Lipinski definition) is 3. The lowest BCUT2D eigenvalue weighted by Crippen LogP contribution is -2.28. The number of ether oxygens (including phenoxy) is 1. The number of hydrogen-bond acceptors (Lipinski definition) is 5. The summed E-state index contributed by atoms with van der Waals surface area (Å²) in [4.78, 5) is 37.3. The van der Waals surface area contributed by atoms with Gasteiger partial charge < -0.3 is 15.0 Å². The molecule has 0 radical (unpaired) electrons. The number of amides is 1. The molecule has 3 N–H and O–H groups in total. The van der Waals surface area contributed by atoms with Crippen LogP contribution in [-0.4, -0.2) is 35.1 Å². The van der Waals surface area contributed by atoms with Gasteiger partial charge in [-0.1, -0.05) is 6.07 Å². The molecule has 1 aromatic carbocycles. The van der Waals surface area contributed by atoms with Crippen molar-refractivity contribution in [2.24, 2.45) is 0 Å². The minimum Gasteiger partial charge on any atom is -0.446 e. The first kappa shape index (κ1) is 13.9. The molecule has 8 heteroatoms. The maximum Gasteiger partial charge on any atom is 0.307 e. The van der Waals surface area contributed by atoms with Gasteiger partial charge in [-0.05, 0) is 18.6 Å². The summed E-state index contributed by atoms with van der Waals surface area (Å²) in [6, 6.07) is 3.38. The van der Waals surface area contributed by atoms with Crippen LogP contribution in [0.1, 0.15) is 15.9 Å². The average molecular weight is 302 g/mol. The molecule has 0 saturated heterocycles. The van der Waals surface area contributed by atoms with E-state index in [4.69, 9.17) is 4.74 Å². The molecule has 0 fully saturated rings. The topological polar surface area (TPSA) is 107 Å². The molecule has 1 aliphatic rings. The molecule has 22 heavy (non-hydrogen) atoms. The number of aromatic amines is 2. The number of fused-ring (bicyclic) bond motifs is 2. The predicted octanol–water partition coefficient (Wildman–Crippen LogP) is 0.923. The molecule has 8 nitrogen and oxygen atoms in total. The summed E-state index contributed by atoms with van der Waals surface area (Å²) >= 11 is 0. The van der Waals surface area contributed by atoms with Gasteiger partial charge in [-0.2, -0.15) is 0 Å². The molecule has 0 bridgehead atoms. The number of anilines is 2.